The summed E-state index contributed by atoms with van der Waals surface area (Å²) >= 11 is 0. The van der Waals surface area contributed by atoms with Gasteiger partial charge in [-0.3, -0.25) is 4.79 Å². The molecule has 80 valence electrons. The second-order valence-electron chi connectivity index (χ2n) is 3.15. The average Bonchev–Trinajstić information content (AvgIpc) is 2.18. The number of carbonyl (C=O) groups is 2. The van der Waals surface area contributed by atoms with Crippen molar-refractivity contribution in [3.05, 3.63) is 35.4 Å². The molecule has 5 nitrogen and oxygen atoms in total. The predicted molar refractivity (Wildman–Crippen MR) is 52.7 cm³/mol. The molecule has 0 aliphatic heterocycles. The topological polar surface area (TPSA) is 101 Å². The molecular weight excluding hydrogens is 198 g/mol. The molecule has 1 aromatic carbocycles. The zero-order valence-electron chi connectivity index (χ0n) is 7.88. The minimum Gasteiger partial charge on any atom is -0.480 e. The van der Waals surface area contributed by atoms with Crippen LogP contribution in [-0.2, 0) is 11.2 Å². The van der Waals surface area contributed by atoms with Crippen LogP contribution in [0.3, 0.4) is 0 Å². The number of aromatic carboxylic acids is 1. The Morgan fingerprint density at radius 1 is 1.20 bits per heavy atom. The number of nitrogens with two attached hydrogens (primary N) is 1. The van der Waals surface area contributed by atoms with E-state index in [0.29, 0.717) is 5.56 Å². The van der Waals surface area contributed by atoms with E-state index in [-0.39, 0.29) is 12.0 Å². The molecule has 0 heterocycles. The molecule has 5 heteroatoms. The van der Waals surface area contributed by atoms with E-state index in [2.05, 4.69) is 0 Å². The maximum atomic E-state index is 10.5. The number of carboxylic acid groups (broad SMARTS) is 2. The van der Waals surface area contributed by atoms with Crippen LogP contribution in [0.2, 0.25) is 0 Å². The van der Waals surface area contributed by atoms with E-state index in [1.165, 1.54) is 12.1 Å². The van der Waals surface area contributed by atoms with Crippen molar-refractivity contribution in [3.8, 4) is 0 Å². The third-order valence-corrected chi connectivity index (χ3v) is 1.97. The van der Waals surface area contributed by atoms with E-state index in [1.807, 2.05) is 0 Å². The van der Waals surface area contributed by atoms with Crippen LogP contribution in [0.4, 0.5) is 0 Å². The largest absolute Gasteiger partial charge is 0.480 e. The Balaban J connectivity index is 2.72. The monoisotopic (exact) mass is 209 g/mol. The first-order valence-corrected chi connectivity index (χ1v) is 4.31. The van der Waals surface area contributed by atoms with Gasteiger partial charge in [0.15, 0.2) is 0 Å². The van der Waals surface area contributed by atoms with Gasteiger partial charge in [0.25, 0.3) is 0 Å². The summed E-state index contributed by atoms with van der Waals surface area (Å²) in [4.78, 5) is 21.0. The SMILES string of the molecule is N[C@H](Cc1ccc(C(=O)O)cc1)C(=O)O. The van der Waals surface area contributed by atoms with Crippen LogP contribution in [0, 0.1) is 0 Å². The fraction of sp³-hybridized carbons (Fsp3) is 0.200. The lowest BCUT2D eigenvalue weighted by molar-refractivity contribution is -0.138. The van der Waals surface area contributed by atoms with Crippen LogP contribution in [0.25, 0.3) is 0 Å². The van der Waals surface area contributed by atoms with E-state index in [1.54, 1.807) is 12.1 Å². The van der Waals surface area contributed by atoms with E-state index in [4.69, 9.17) is 15.9 Å². The van der Waals surface area contributed by atoms with Gasteiger partial charge in [-0.15, -0.1) is 0 Å². The highest BCUT2D eigenvalue weighted by atomic mass is 16.4. The Kier molecular flexibility index (Phi) is 3.41. The molecule has 0 amide bonds. The molecule has 0 aliphatic carbocycles. The minimum absolute atomic E-state index is 0.169. The van der Waals surface area contributed by atoms with Crippen LogP contribution in [0.15, 0.2) is 24.3 Å². The fourth-order valence-electron chi connectivity index (χ4n) is 1.12. The van der Waals surface area contributed by atoms with Gasteiger partial charge < -0.3 is 15.9 Å². The van der Waals surface area contributed by atoms with Crippen molar-refractivity contribution in [2.45, 2.75) is 12.5 Å². The summed E-state index contributed by atoms with van der Waals surface area (Å²) < 4.78 is 0. The Morgan fingerprint density at radius 2 is 1.73 bits per heavy atom. The first-order chi connectivity index (χ1) is 7.00. The molecule has 0 aliphatic rings. The lowest BCUT2D eigenvalue weighted by atomic mass is 10.0. The van der Waals surface area contributed by atoms with Crippen LogP contribution < -0.4 is 5.73 Å². The standard InChI is InChI=1S/C10H11NO4/c11-8(10(14)15)5-6-1-3-7(4-2-6)9(12)13/h1-4,8H,5,11H2,(H,12,13)(H,14,15)/t8-/m1/s1. The first kappa shape index (κ1) is 11.2. The molecule has 0 bridgehead atoms. The smallest absolute Gasteiger partial charge is 0.335 e. The number of benzene rings is 1. The molecule has 0 fully saturated rings. The van der Waals surface area contributed by atoms with E-state index in [0.717, 1.165) is 0 Å². The number of carboxylic acids is 2. The summed E-state index contributed by atoms with van der Waals surface area (Å²) in [5, 5.41) is 17.2. The fourth-order valence-corrected chi connectivity index (χ4v) is 1.12. The lowest BCUT2D eigenvalue weighted by Crippen LogP contribution is -2.32. The summed E-state index contributed by atoms with van der Waals surface area (Å²) in [5.74, 6) is -2.08. The van der Waals surface area contributed by atoms with Gasteiger partial charge in [-0.25, -0.2) is 4.79 Å². The van der Waals surface area contributed by atoms with E-state index < -0.39 is 18.0 Å². The summed E-state index contributed by atoms with van der Waals surface area (Å²) in [6.45, 7) is 0. The van der Waals surface area contributed by atoms with Gasteiger partial charge in [0.2, 0.25) is 0 Å². The van der Waals surface area contributed by atoms with E-state index >= 15 is 0 Å². The van der Waals surface area contributed by atoms with Crippen LogP contribution in [0.1, 0.15) is 15.9 Å². The molecular formula is C10H11NO4. The Morgan fingerprint density at radius 3 is 2.13 bits per heavy atom. The summed E-state index contributed by atoms with van der Waals surface area (Å²) in [6, 6.07) is 5.01. The highest BCUT2D eigenvalue weighted by molar-refractivity contribution is 5.87. The first-order valence-electron chi connectivity index (χ1n) is 4.31. The zero-order valence-corrected chi connectivity index (χ0v) is 7.88. The van der Waals surface area contributed by atoms with Crippen molar-refractivity contribution < 1.29 is 19.8 Å². The van der Waals surface area contributed by atoms with Crippen LogP contribution in [-0.4, -0.2) is 28.2 Å². The zero-order chi connectivity index (χ0) is 11.4. The molecule has 1 rings (SSSR count). The van der Waals surface area contributed by atoms with Crippen LogP contribution >= 0.6 is 0 Å². The molecule has 0 unspecified atom stereocenters. The van der Waals surface area contributed by atoms with Crippen LogP contribution in [0.5, 0.6) is 0 Å². The highest BCUT2D eigenvalue weighted by Gasteiger charge is 2.12. The van der Waals surface area contributed by atoms with Crippen molar-refractivity contribution in [1.29, 1.82) is 0 Å². The van der Waals surface area contributed by atoms with Crippen molar-refractivity contribution >= 4 is 11.9 Å². The van der Waals surface area contributed by atoms with Crippen molar-refractivity contribution in [1.82, 2.24) is 0 Å². The Hall–Kier alpha value is -1.88. The summed E-state index contributed by atoms with van der Waals surface area (Å²) in [5.41, 5.74) is 6.20. The maximum Gasteiger partial charge on any atom is 0.335 e. The molecule has 1 atom stereocenters. The quantitative estimate of drug-likeness (QED) is 0.663. The average molecular weight is 209 g/mol. The van der Waals surface area contributed by atoms with Gasteiger partial charge in [0, 0.05) is 0 Å². The third kappa shape index (κ3) is 3.07. The molecule has 0 radical (unpaired) electrons. The molecule has 15 heavy (non-hydrogen) atoms. The number of rotatable bonds is 4. The Labute approximate surface area is 86.1 Å². The minimum atomic E-state index is -1.07. The maximum absolute atomic E-state index is 10.5. The highest BCUT2D eigenvalue weighted by Crippen LogP contribution is 2.06. The lowest BCUT2D eigenvalue weighted by Gasteiger charge is -2.06. The molecule has 0 spiro atoms. The van der Waals surface area contributed by atoms with Gasteiger partial charge in [-0.2, -0.15) is 0 Å². The molecule has 0 aromatic heterocycles. The summed E-state index contributed by atoms with van der Waals surface area (Å²) in [6.07, 6.45) is 0.190. The predicted octanol–water partition coefficient (Wildman–Crippen LogP) is 0.339. The van der Waals surface area contributed by atoms with Crippen molar-refractivity contribution in [3.63, 3.8) is 0 Å². The number of hydrogen-bond acceptors (Lipinski definition) is 3. The Bertz CT molecular complexity index is 372. The van der Waals surface area contributed by atoms with Crippen molar-refractivity contribution in [2.24, 2.45) is 5.73 Å². The van der Waals surface area contributed by atoms with Gasteiger partial charge in [0.1, 0.15) is 6.04 Å². The molecule has 1 aromatic rings. The van der Waals surface area contributed by atoms with Gasteiger partial charge in [-0.1, -0.05) is 12.1 Å². The second kappa shape index (κ2) is 4.56. The van der Waals surface area contributed by atoms with Gasteiger partial charge >= 0.3 is 11.9 Å². The molecule has 0 saturated heterocycles. The van der Waals surface area contributed by atoms with Gasteiger partial charge in [-0.05, 0) is 24.1 Å². The van der Waals surface area contributed by atoms with Crippen molar-refractivity contribution in [2.75, 3.05) is 0 Å². The summed E-state index contributed by atoms with van der Waals surface area (Å²) in [7, 11) is 0. The normalized spacial score (nSPS) is 12.1. The van der Waals surface area contributed by atoms with E-state index in [9.17, 15) is 9.59 Å². The number of hydrogen-bond donors (Lipinski definition) is 3. The molecule has 4 N–H and O–H groups in total. The number of aliphatic carboxylic acids is 1. The second-order valence-corrected chi connectivity index (χ2v) is 3.15. The molecule has 0 saturated carbocycles. The van der Waals surface area contributed by atoms with Gasteiger partial charge in [0.05, 0.1) is 5.56 Å². The third-order valence-electron chi connectivity index (χ3n) is 1.97.